The molecule has 2 unspecified atom stereocenters. The maximum atomic E-state index is 5.60. The fourth-order valence-corrected chi connectivity index (χ4v) is 2.58. The third kappa shape index (κ3) is 2.45. The van der Waals surface area contributed by atoms with Crippen molar-refractivity contribution < 1.29 is 4.74 Å². The summed E-state index contributed by atoms with van der Waals surface area (Å²) in [5, 5.41) is 0. The van der Waals surface area contributed by atoms with E-state index < -0.39 is 0 Å². The van der Waals surface area contributed by atoms with E-state index in [1.165, 1.54) is 5.56 Å². The fraction of sp³-hybridized carbons (Fsp3) is 0.571. The molecule has 1 aliphatic rings. The highest BCUT2D eigenvalue weighted by Gasteiger charge is 2.38. The normalized spacial score (nSPS) is 30.8. The van der Waals surface area contributed by atoms with Crippen LogP contribution in [0.25, 0.3) is 0 Å². The molecular formula is C14H21NO. The summed E-state index contributed by atoms with van der Waals surface area (Å²) in [6, 6.07) is 11.3. The zero-order chi connectivity index (χ0) is 11.6. The van der Waals surface area contributed by atoms with Crippen molar-refractivity contribution >= 4 is 0 Å². The molecule has 0 aliphatic carbocycles. The Hall–Kier alpha value is -0.860. The molecular weight excluding hydrogens is 198 g/mol. The van der Waals surface area contributed by atoms with E-state index in [4.69, 9.17) is 4.74 Å². The van der Waals surface area contributed by atoms with Crippen LogP contribution in [0.4, 0.5) is 0 Å². The summed E-state index contributed by atoms with van der Waals surface area (Å²) in [6.07, 6.45) is 1.12. The van der Waals surface area contributed by atoms with Crippen LogP contribution in [-0.2, 0) is 11.3 Å². The molecule has 0 spiro atoms. The predicted molar refractivity (Wildman–Crippen MR) is 66.3 cm³/mol. The van der Waals surface area contributed by atoms with Crippen LogP contribution in [0.3, 0.4) is 0 Å². The lowest BCUT2D eigenvalue weighted by atomic mass is 10.0. The van der Waals surface area contributed by atoms with Crippen molar-refractivity contribution in [1.29, 1.82) is 0 Å². The van der Waals surface area contributed by atoms with Gasteiger partial charge in [0.05, 0.1) is 5.60 Å². The number of methoxy groups -OCH3 is 1. The van der Waals surface area contributed by atoms with Crippen LogP contribution in [0.1, 0.15) is 25.8 Å². The maximum absolute atomic E-state index is 5.60. The van der Waals surface area contributed by atoms with Crippen LogP contribution in [0.2, 0.25) is 0 Å². The lowest BCUT2D eigenvalue weighted by molar-refractivity contribution is 0.0142. The van der Waals surface area contributed by atoms with E-state index in [0.717, 1.165) is 19.5 Å². The van der Waals surface area contributed by atoms with Gasteiger partial charge in [0.1, 0.15) is 0 Å². The maximum Gasteiger partial charge on any atom is 0.0792 e. The third-order valence-electron chi connectivity index (χ3n) is 3.61. The number of ether oxygens (including phenoxy) is 1. The molecule has 1 heterocycles. The van der Waals surface area contributed by atoms with Gasteiger partial charge >= 0.3 is 0 Å². The second-order valence-corrected chi connectivity index (χ2v) is 5.10. The van der Waals surface area contributed by atoms with Crippen molar-refractivity contribution in [3.05, 3.63) is 35.9 Å². The molecule has 1 aliphatic heterocycles. The van der Waals surface area contributed by atoms with Crippen LogP contribution >= 0.6 is 0 Å². The average Bonchev–Trinajstić information content (AvgIpc) is 2.57. The summed E-state index contributed by atoms with van der Waals surface area (Å²) in [7, 11) is 1.82. The minimum absolute atomic E-state index is 0.0359. The zero-order valence-electron chi connectivity index (χ0n) is 10.4. The van der Waals surface area contributed by atoms with Gasteiger partial charge in [0, 0.05) is 26.2 Å². The average molecular weight is 219 g/mol. The van der Waals surface area contributed by atoms with Crippen LogP contribution < -0.4 is 0 Å². The highest BCUT2D eigenvalue weighted by atomic mass is 16.5. The summed E-state index contributed by atoms with van der Waals surface area (Å²) in [5.41, 5.74) is 1.42. The van der Waals surface area contributed by atoms with Crippen LogP contribution in [0, 0.1) is 0 Å². The second kappa shape index (κ2) is 4.56. The number of likely N-dealkylation sites (tertiary alicyclic amines) is 1. The Kier molecular flexibility index (Phi) is 3.31. The standard InChI is InChI=1S/C14H21NO/c1-12-9-14(2,16-3)11-15(12)10-13-7-5-4-6-8-13/h4-8,12H,9-11H2,1-3H3. The molecule has 0 aromatic heterocycles. The van der Waals surface area contributed by atoms with Crippen molar-refractivity contribution in [2.75, 3.05) is 13.7 Å². The van der Waals surface area contributed by atoms with Gasteiger partial charge in [-0.2, -0.15) is 0 Å². The molecule has 0 saturated carbocycles. The van der Waals surface area contributed by atoms with Gasteiger partial charge in [0.2, 0.25) is 0 Å². The first kappa shape index (κ1) is 11.6. The van der Waals surface area contributed by atoms with E-state index in [-0.39, 0.29) is 5.60 Å². The molecule has 2 atom stereocenters. The van der Waals surface area contributed by atoms with Gasteiger partial charge in [-0.05, 0) is 25.8 Å². The van der Waals surface area contributed by atoms with Crippen LogP contribution in [-0.4, -0.2) is 30.2 Å². The molecule has 2 rings (SSSR count). The first-order chi connectivity index (χ1) is 7.63. The highest BCUT2D eigenvalue weighted by molar-refractivity contribution is 5.15. The van der Waals surface area contributed by atoms with E-state index in [0.29, 0.717) is 6.04 Å². The third-order valence-corrected chi connectivity index (χ3v) is 3.61. The molecule has 0 radical (unpaired) electrons. The Morgan fingerprint density at radius 3 is 2.62 bits per heavy atom. The van der Waals surface area contributed by atoms with Gasteiger partial charge in [-0.25, -0.2) is 0 Å². The Morgan fingerprint density at radius 2 is 2.06 bits per heavy atom. The van der Waals surface area contributed by atoms with Crippen molar-refractivity contribution in [1.82, 2.24) is 4.90 Å². The smallest absolute Gasteiger partial charge is 0.0792 e. The molecule has 16 heavy (non-hydrogen) atoms. The molecule has 1 saturated heterocycles. The summed E-state index contributed by atoms with van der Waals surface area (Å²) >= 11 is 0. The quantitative estimate of drug-likeness (QED) is 0.775. The van der Waals surface area contributed by atoms with Gasteiger partial charge in [0.25, 0.3) is 0 Å². The fourth-order valence-electron chi connectivity index (χ4n) is 2.58. The molecule has 1 fully saturated rings. The van der Waals surface area contributed by atoms with Crippen molar-refractivity contribution in [3.63, 3.8) is 0 Å². The van der Waals surface area contributed by atoms with E-state index >= 15 is 0 Å². The van der Waals surface area contributed by atoms with Gasteiger partial charge in [0.15, 0.2) is 0 Å². The van der Waals surface area contributed by atoms with E-state index in [9.17, 15) is 0 Å². The van der Waals surface area contributed by atoms with Gasteiger partial charge in [-0.15, -0.1) is 0 Å². The molecule has 2 nitrogen and oxygen atoms in total. The second-order valence-electron chi connectivity index (χ2n) is 5.10. The minimum atomic E-state index is 0.0359. The summed E-state index contributed by atoms with van der Waals surface area (Å²) in [6.45, 7) is 6.54. The summed E-state index contributed by atoms with van der Waals surface area (Å²) in [5.74, 6) is 0. The molecule has 1 aromatic rings. The molecule has 88 valence electrons. The molecule has 0 bridgehead atoms. The van der Waals surface area contributed by atoms with E-state index in [1.807, 2.05) is 7.11 Å². The Balaban J connectivity index is 2.02. The van der Waals surface area contributed by atoms with Crippen molar-refractivity contribution in [2.24, 2.45) is 0 Å². The monoisotopic (exact) mass is 219 g/mol. The first-order valence-electron chi connectivity index (χ1n) is 5.96. The highest BCUT2D eigenvalue weighted by Crippen LogP contribution is 2.30. The molecule has 2 heteroatoms. The molecule has 0 N–H and O–H groups in total. The molecule has 1 aromatic carbocycles. The summed E-state index contributed by atoms with van der Waals surface area (Å²) in [4.78, 5) is 2.50. The van der Waals surface area contributed by atoms with E-state index in [1.54, 1.807) is 0 Å². The van der Waals surface area contributed by atoms with Crippen molar-refractivity contribution in [2.45, 2.75) is 38.5 Å². The van der Waals surface area contributed by atoms with Gasteiger partial charge < -0.3 is 4.74 Å². The first-order valence-corrected chi connectivity index (χ1v) is 5.96. The number of benzene rings is 1. The Labute approximate surface area is 98.2 Å². The number of nitrogens with zero attached hydrogens (tertiary/aromatic N) is 1. The number of rotatable bonds is 3. The lowest BCUT2D eigenvalue weighted by Gasteiger charge is -2.23. The minimum Gasteiger partial charge on any atom is -0.377 e. The Morgan fingerprint density at radius 1 is 1.38 bits per heavy atom. The number of hydrogen-bond donors (Lipinski definition) is 0. The largest absolute Gasteiger partial charge is 0.377 e. The van der Waals surface area contributed by atoms with Crippen LogP contribution in [0.15, 0.2) is 30.3 Å². The zero-order valence-corrected chi connectivity index (χ0v) is 10.4. The summed E-state index contributed by atoms with van der Waals surface area (Å²) < 4.78 is 5.60. The predicted octanol–water partition coefficient (Wildman–Crippen LogP) is 2.69. The number of hydrogen-bond acceptors (Lipinski definition) is 2. The van der Waals surface area contributed by atoms with Gasteiger partial charge in [-0.3, -0.25) is 4.90 Å². The topological polar surface area (TPSA) is 12.5 Å². The van der Waals surface area contributed by atoms with E-state index in [2.05, 4.69) is 49.1 Å². The molecule has 0 amide bonds. The van der Waals surface area contributed by atoms with Crippen molar-refractivity contribution in [3.8, 4) is 0 Å². The van der Waals surface area contributed by atoms with Crippen LogP contribution in [0.5, 0.6) is 0 Å². The Bertz CT molecular complexity index is 338. The SMILES string of the molecule is COC1(C)CC(C)N(Cc2ccccc2)C1. The lowest BCUT2D eigenvalue weighted by Crippen LogP contribution is -2.32. The van der Waals surface area contributed by atoms with Gasteiger partial charge in [-0.1, -0.05) is 30.3 Å².